The van der Waals surface area contributed by atoms with Crippen LogP contribution in [-0.4, -0.2) is 28.9 Å². The molecule has 0 aliphatic rings. The van der Waals surface area contributed by atoms with Crippen LogP contribution in [-0.2, 0) is 4.74 Å². The Morgan fingerprint density at radius 3 is 2.87 bits per heavy atom. The second-order valence-electron chi connectivity index (χ2n) is 3.26. The summed E-state index contributed by atoms with van der Waals surface area (Å²) in [6.07, 6.45) is 0.693. The molecule has 0 aliphatic heterocycles. The Bertz CT molecular complexity index is 290. The van der Waals surface area contributed by atoms with Gasteiger partial charge in [0.25, 0.3) is 5.89 Å². The number of aliphatic hydroxyl groups is 1. The minimum Gasteiger partial charge on any atom is -0.382 e. The van der Waals surface area contributed by atoms with Gasteiger partial charge in [-0.05, 0) is 6.42 Å². The Morgan fingerprint density at radius 2 is 2.33 bits per heavy atom. The molecule has 0 fully saturated rings. The van der Waals surface area contributed by atoms with Gasteiger partial charge in [0, 0.05) is 13.7 Å². The molecule has 0 aliphatic carbocycles. The number of methoxy groups -OCH3 is 1. The molecule has 15 heavy (non-hydrogen) atoms. The van der Waals surface area contributed by atoms with E-state index < -0.39 is 6.10 Å². The second kappa shape index (κ2) is 5.79. The maximum Gasteiger partial charge on any atom is 0.256 e. The Morgan fingerprint density at radius 1 is 1.60 bits per heavy atom. The van der Waals surface area contributed by atoms with Crippen molar-refractivity contribution in [2.45, 2.75) is 32.0 Å². The highest BCUT2D eigenvalue weighted by Gasteiger charge is 2.20. The first-order chi connectivity index (χ1) is 7.22. The largest absolute Gasteiger partial charge is 0.382 e. The van der Waals surface area contributed by atoms with E-state index in [1.807, 2.05) is 6.92 Å². The fourth-order valence-corrected chi connectivity index (χ4v) is 1.23. The highest BCUT2D eigenvalue weighted by molar-refractivity contribution is 4.94. The number of nitrogens with two attached hydrogens (primary N) is 1. The summed E-state index contributed by atoms with van der Waals surface area (Å²) in [6.45, 7) is 2.11. The van der Waals surface area contributed by atoms with Gasteiger partial charge >= 0.3 is 0 Å². The van der Waals surface area contributed by atoms with Gasteiger partial charge in [0.05, 0.1) is 0 Å². The maximum absolute atomic E-state index is 9.36. The van der Waals surface area contributed by atoms with Gasteiger partial charge in [0.2, 0.25) is 5.82 Å². The third-order valence-electron chi connectivity index (χ3n) is 2.09. The summed E-state index contributed by atoms with van der Waals surface area (Å²) >= 11 is 0. The van der Waals surface area contributed by atoms with Gasteiger partial charge in [-0.15, -0.1) is 0 Å². The Balaban J connectivity index is 2.72. The SMILES string of the molecule is CCCC(OC)c1noc(C(O)CN)n1. The molecule has 0 aromatic carbocycles. The summed E-state index contributed by atoms with van der Waals surface area (Å²) in [5.74, 6) is 0.604. The van der Waals surface area contributed by atoms with E-state index in [1.54, 1.807) is 7.11 Å². The molecular formula is C9H17N3O3. The normalized spacial score (nSPS) is 15.2. The Kier molecular flexibility index (Phi) is 4.67. The number of ether oxygens (including phenoxy) is 1. The second-order valence-corrected chi connectivity index (χ2v) is 3.26. The monoisotopic (exact) mass is 215 g/mol. The molecule has 86 valence electrons. The number of aliphatic hydroxyl groups excluding tert-OH is 1. The number of hydrogen-bond donors (Lipinski definition) is 2. The molecule has 1 aromatic heterocycles. The molecule has 3 N–H and O–H groups in total. The van der Waals surface area contributed by atoms with Crippen LogP contribution in [0.15, 0.2) is 4.52 Å². The molecule has 0 saturated heterocycles. The summed E-state index contributed by atoms with van der Waals surface area (Å²) in [5, 5.41) is 13.1. The van der Waals surface area contributed by atoms with Gasteiger partial charge in [-0.2, -0.15) is 4.98 Å². The van der Waals surface area contributed by atoms with E-state index in [-0.39, 0.29) is 18.5 Å². The van der Waals surface area contributed by atoms with Crippen molar-refractivity contribution in [1.29, 1.82) is 0 Å². The molecule has 1 aromatic rings. The van der Waals surface area contributed by atoms with E-state index in [2.05, 4.69) is 10.1 Å². The van der Waals surface area contributed by atoms with Crippen molar-refractivity contribution in [2.75, 3.05) is 13.7 Å². The summed E-state index contributed by atoms with van der Waals surface area (Å²) < 4.78 is 10.1. The third kappa shape index (κ3) is 2.98. The molecule has 0 saturated carbocycles. The molecular weight excluding hydrogens is 198 g/mol. The predicted octanol–water partition coefficient (Wildman–Crippen LogP) is 0.549. The first-order valence-electron chi connectivity index (χ1n) is 4.97. The molecule has 0 radical (unpaired) electrons. The predicted molar refractivity (Wildman–Crippen MR) is 53.0 cm³/mol. The molecule has 1 heterocycles. The number of aromatic nitrogens is 2. The standard InChI is InChI=1S/C9H17N3O3/c1-3-4-7(14-2)8-11-9(15-12-8)6(13)5-10/h6-7,13H,3-5,10H2,1-2H3. The molecule has 2 atom stereocenters. The van der Waals surface area contributed by atoms with E-state index in [0.717, 1.165) is 12.8 Å². The fraction of sp³-hybridized carbons (Fsp3) is 0.778. The lowest BCUT2D eigenvalue weighted by atomic mass is 10.2. The van der Waals surface area contributed by atoms with E-state index in [9.17, 15) is 5.11 Å². The minimum atomic E-state index is -0.898. The zero-order valence-corrected chi connectivity index (χ0v) is 9.01. The summed E-state index contributed by atoms with van der Waals surface area (Å²) in [7, 11) is 1.59. The van der Waals surface area contributed by atoms with Crippen LogP contribution in [0, 0.1) is 0 Å². The van der Waals surface area contributed by atoms with Gasteiger partial charge in [-0.1, -0.05) is 18.5 Å². The van der Waals surface area contributed by atoms with E-state index in [1.165, 1.54) is 0 Å². The molecule has 0 amide bonds. The summed E-state index contributed by atoms with van der Waals surface area (Å²) in [6, 6.07) is 0. The van der Waals surface area contributed by atoms with Gasteiger partial charge in [0.1, 0.15) is 12.2 Å². The summed E-state index contributed by atoms with van der Waals surface area (Å²) in [4.78, 5) is 4.04. The van der Waals surface area contributed by atoms with Crippen molar-refractivity contribution in [3.8, 4) is 0 Å². The highest BCUT2D eigenvalue weighted by atomic mass is 16.5. The molecule has 6 nitrogen and oxygen atoms in total. The highest BCUT2D eigenvalue weighted by Crippen LogP contribution is 2.20. The van der Waals surface area contributed by atoms with Gasteiger partial charge < -0.3 is 20.1 Å². The van der Waals surface area contributed by atoms with Crippen molar-refractivity contribution in [3.05, 3.63) is 11.7 Å². The smallest absolute Gasteiger partial charge is 0.256 e. The molecule has 6 heteroatoms. The van der Waals surface area contributed by atoms with Gasteiger partial charge in [-0.3, -0.25) is 0 Å². The molecule has 1 rings (SSSR count). The van der Waals surface area contributed by atoms with Crippen molar-refractivity contribution in [2.24, 2.45) is 5.73 Å². The Labute approximate surface area is 88.4 Å². The number of rotatable bonds is 6. The number of hydrogen-bond acceptors (Lipinski definition) is 6. The first kappa shape index (κ1) is 12.1. The quantitative estimate of drug-likeness (QED) is 0.719. The van der Waals surface area contributed by atoms with Crippen LogP contribution < -0.4 is 5.73 Å². The first-order valence-corrected chi connectivity index (χ1v) is 4.97. The fourth-order valence-electron chi connectivity index (χ4n) is 1.23. The maximum atomic E-state index is 9.36. The molecule has 0 spiro atoms. The Hall–Kier alpha value is -0.980. The van der Waals surface area contributed by atoms with Crippen LogP contribution in [0.3, 0.4) is 0 Å². The lowest BCUT2D eigenvalue weighted by Gasteiger charge is -2.08. The zero-order valence-electron chi connectivity index (χ0n) is 9.01. The average molecular weight is 215 g/mol. The third-order valence-corrected chi connectivity index (χ3v) is 2.09. The molecule has 2 unspecified atom stereocenters. The van der Waals surface area contributed by atoms with Gasteiger partial charge in [-0.25, -0.2) is 0 Å². The lowest BCUT2D eigenvalue weighted by Crippen LogP contribution is -2.12. The topological polar surface area (TPSA) is 94.4 Å². The van der Waals surface area contributed by atoms with E-state index in [0.29, 0.717) is 5.82 Å². The summed E-state index contributed by atoms with van der Waals surface area (Å²) in [5.41, 5.74) is 5.27. The zero-order chi connectivity index (χ0) is 11.3. The average Bonchev–Trinajstić information content (AvgIpc) is 2.73. The van der Waals surface area contributed by atoms with E-state index in [4.69, 9.17) is 15.0 Å². The van der Waals surface area contributed by atoms with Crippen molar-refractivity contribution in [3.63, 3.8) is 0 Å². The molecule has 0 bridgehead atoms. The van der Waals surface area contributed by atoms with E-state index >= 15 is 0 Å². The van der Waals surface area contributed by atoms with Crippen molar-refractivity contribution < 1.29 is 14.4 Å². The lowest BCUT2D eigenvalue weighted by molar-refractivity contribution is 0.0853. The van der Waals surface area contributed by atoms with Crippen LogP contribution in [0.2, 0.25) is 0 Å². The minimum absolute atomic E-state index is 0.0626. The van der Waals surface area contributed by atoms with Crippen LogP contribution >= 0.6 is 0 Å². The van der Waals surface area contributed by atoms with Gasteiger partial charge in [0.15, 0.2) is 0 Å². The van der Waals surface area contributed by atoms with Crippen LogP contribution in [0.4, 0.5) is 0 Å². The van der Waals surface area contributed by atoms with Crippen LogP contribution in [0.25, 0.3) is 0 Å². The van der Waals surface area contributed by atoms with Crippen LogP contribution in [0.5, 0.6) is 0 Å². The van der Waals surface area contributed by atoms with Crippen molar-refractivity contribution in [1.82, 2.24) is 10.1 Å². The van der Waals surface area contributed by atoms with Crippen LogP contribution in [0.1, 0.15) is 43.7 Å². The van der Waals surface area contributed by atoms with Crippen molar-refractivity contribution >= 4 is 0 Å². The number of nitrogens with zero attached hydrogens (tertiary/aromatic N) is 2.